The molecule has 2 aliphatic carbocycles. The highest BCUT2D eigenvalue weighted by Gasteiger charge is 2.62. The molecule has 0 unspecified atom stereocenters. The molecule has 2 saturated carbocycles. The molecule has 33 heavy (non-hydrogen) atoms. The highest BCUT2D eigenvalue weighted by atomic mass is 16.5. The molecular formula is C26H33N5O2. The molecule has 3 aliphatic rings. The van der Waals surface area contributed by atoms with Crippen molar-refractivity contribution in [2.24, 2.45) is 11.8 Å². The third-order valence-electron chi connectivity index (χ3n) is 8.35. The zero-order valence-electron chi connectivity index (χ0n) is 19.4. The third-order valence-corrected chi connectivity index (χ3v) is 8.35. The Morgan fingerprint density at radius 1 is 1.27 bits per heavy atom. The van der Waals surface area contributed by atoms with Crippen LogP contribution in [-0.2, 0) is 11.8 Å². The normalized spacial score (nSPS) is 29.3. The Bertz CT molecular complexity index is 1140. The molecule has 0 spiro atoms. The minimum atomic E-state index is 0.0187. The summed E-state index contributed by atoms with van der Waals surface area (Å²) in [6.45, 7) is 5.65. The van der Waals surface area contributed by atoms with Crippen LogP contribution in [0.5, 0.6) is 0 Å². The van der Waals surface area contributed by atoms with Gasteiger partial charge in [0.15, 0.2) is 0 Å². The number of nitrogens with zero attached hydrogens (tertiary/aromatic N) is 4. The Morgan fingerprint density at radius 2 is 2.15 bits per heavy atom. The maximum Gasteiger partial charge on any atom is 0.253 e. The molecule has 3 aromatic heterocycles. The Balaban J connectivity index is 0.966. The van der Waals surface area contributed by atoms with Crippen molar-refractivity contribution in [2.45, 2.75) is 63.3 Å². The van der Waals surface area contributed by atoms with Gasteiger partial charge in [-0.05, 0) is 75.1 Å². The van der Waals surface area contributed by atoms with Crippen LogP contribution in [0.3, 0.4) is 0 Å². The van der Waals surface area contributed by atoms with E-state index in [0.717, 1.165) is 48.9 Å². The van der Waals surface area contributed by atoms with Crippen LogP contribution in [0.15, 0.2) is 41.2 Å². The van der Waals surface area contributed by atoms with Crippen LogP contribution in [0.4, 0.5) is 0 Å². The lowest BCUT2D eigenvalue weighted by Crippen LogP contribution is -2.38. The molecule has 1 saturated heterocycles. The molecule has 4 heterocycles. The summed E-state index contributed by atoms with van der Waals surface area (Å²) in [5, 5.41) is 11.9. The second kappa shape index (κ2) is 8.28. The summed E-state index contributed by atoms with van der Waals surface area (Å²) in [4.78, 5) is 15.5. The molecule has 7 nitrogen and oxygen atoms in total. The van der Waals surface area contributed by atoms with Gasteiger partial charge in [-0.15, -0.1) is 0 Å². The summed E-state index contributed by atoms with van der Waals surface area (Å²) < 4.78 is 7.24. The van der Waals surface area contributed by atoms with Crippen molar-refractivity contribution >= 4 is 11.4 Å². The first-order valence-corrected chi connectivity index (χ1v) is 12.6. The molecule has 3 fully saturated rings. The summed E-state index contributed by atoms with van der Waals surface area (Å²) in [6, 6.07) is 8.12. The average Bonchev–Trinajstić information content (AvgIpc) is 3.28. The fraction of sp³-hybridized carbons (Fsp3) is 0.577. The number of carbonyl (C=O) groups is 1. The maximum atomic E-state index is 12.8. The van der Waals surface area contributed by atoms with E-state index in [2.05, 4.69) is 33.5 Å². The van der Waals surface area contributed by atoms with Crippen LogP contribution in [0.2, 0.25) is 0 Å². The monoisotopic (exact) mass is 447 g/mol. The van der Waals surface area contributed by atoms with Gasteiger partial charge in [0.05, 0.1) is 23.0 Å². The summed E-state index contributed by atoms with van der Waals surface area (Å²) in [7, 11) is 0. The van der Waals surface area contributed by atoms with Crippen molar-refractivity contribution in [3.05, 3.63) is 53.7 Å². The number of nitrogens with one attached hydrogen (secondary N) is 1. The molecular weight excluding hydrogens is 414 g/mol. The van der Waals surface area contributed by atoms with Crippen LogP contribution in [0.25, 0.3) is 5.52 Å². The third kappa shape index (κ3) is 3.86. The van der Waals surface area contributed by atoms with E-state index in [1.165, 1.54) is 44.5 Å². The van der Waals surface area contributed by atoms with Crippen molar-refractivity contribution in [1.29, 1.82) is 0 Å². The molecule has 2 atom stereocenters. The van der Waals surface area contributed by atoms with E-state index in [-0.39, 0.29) is 17.4 Å². The largest absolute Gasteiger partial charge is 0.361 e. The van der Waals surface area contributed by atoms with Crippen LogP contribution >= 0.6 is 0 Å². The fourth-order valence-corrected chi connectivity index (χ4v) is 6.24. The number of amides is 1. The Labute approximate surface area is 194 Å². The number of fused-ring (bicyclic) bond motifs is 2. The number of carbonyl (C=O) groups excluding carboxylic acids is 1. The van der Waals surface area contributed by atoms with Crippen molar-refractivity contribution in [2.75, 3.05) is 19.6 Å². The molecule has 174 valence electrons. The minimum absolute atomic E-state index is 0.0187. The van der Waals surface area contributed by atoms with Crippen LogP contribution in [0.1, 0.15) is 67.3 Å². The first-order chi connectivity index (χ1) is 16.1. The lowest BCUT2D eigenvalue weighted by Gasteiger charge is -2.30. The second-order valence-electron chi connectivity index (χ2n) is 10.4. The van der Waals surface area contributed by atoms with Crippen molar-refractivity contribution < 1.29 is 9.32 Å². The number of piperidine rings is 1. The van der Waals surface area contributed by atoms with Crippen molar-refractivity contribution in [3.8, 4) is 0 Å². The van der Waals surface area contributed by atoms with Gasteiger partial charge in [-0.1, -0.05) is 12.1 Å². The van der Waals surface area contributed by atoms with E-state index in [1.54, 1.807) is 10.7 Å². The van der Waals surface area contributed by atoms with Gasteiger partial charge in [0.2, 0.25) is 0 Å². The van der Waals surface area contributed by atoms with E-state index >= 15 is 0 Å². The Hall–Kier alpha value is -2.67. The number of hydrogen-bond donors (Lipinski definition) is 1. The maximum absolute atomic E-state index is 12.8. The van der Waals surface area contributed by atoms with Crippen molar-refractivity contribution in [3.63, 3.8) is 0 Å². The SMILES string of the molecule is CCc1cc([C@]23C[C@H]2CN(CCC2CCC(NC(=O)c4cccn5nccc45)CC2)C3)no1. The molecule has 1 amide bonds. The average molecular weight is 448 g/mol. The molecule has 1 N–H and O–H groups in total. The lowest BCUT2D eigenvalue weighted by molar-refractivity contribution is 0.0921. The van der Waals surface area contributed by atoms with Gasteiger partial charge < -0.3 is 14.7 Å². The van der Waals surface area contributed by atoms with E-state index in [0.29, 0.717) is 5.56 Å². The predicted molar refractivity (Wildman–Crippen MR) is 125 cm³/mol. The van der Waals surface area contributed by atoms with Gasteiger partial charge in [0.1, 0.15) is 5.76 Å². The molecule has 1 aliphatic heterocycles. The van der Waals surface area contributed by atoms with Gasteiger partial charge in [0, 0.05) is 43.2 Å². The van der Waals surface area contributed by atoms with Gasteiger partial charge in [-0.2, -0.15) is 5.10 Å². The molecule has 3 aromatic rings. The first kappa shape index (κ1) is 20.9. The van der Waals surface area contributed by atoms with Crippen LogP contribution in [-0.4, -0.2) is 51.3 Å². The quantitative estimate of drug-likeness (QED) is 0.596. The molecule has 0 bridgehead atoms. The molecule has 7 heteroatoms. The topological polar surface area (TPSA) is 75.7 Å². The lowest BCUT2D eigenvalue weighted by atomic mass is 9.84. The number of rotatable bonds is 7. The highest BCUT2D eigenvalue weighted by Crippen LogP contribution is 2.58. The van der Waals surface area contributed by atoms with E-state index in [9.17, 15) is 4.79 Å². The number of pyridine rings is 1. The second-order valence-corrected chi connectivity index (χ2v) is 10.4. The molecule has 0 radical (unpaired) electrons. The zero-order valence-corrected chi connectivity index (χ0v) is 19.4. The highest BCUT2D eigenvalue weighted by molar-refractivity contribution is 6.00. The summed E-state index contributed by atoms with van der Waals surface area (Å²) in [5.41, 5.74) is 3.03. The van der Waals surface area contributed by atoms with E-state index in [4.69, 9.17) is 4.52 Å². The van der Waals surface area contributed by atoms with Crippen LogP contribution < -0.4 is 5.32 Å². The summed E-state index contributed by atoms with van der Waals surface area (Å²) in [5.74, 6) is 2.56. The van der Waals surface area contributed by atoms with E-state index in [1.807, 2.05) is 24.4 Å². The Morgan fingerprint density at radius 3 is 2.97 bits per heavy atom. The van der Waals surface area contributed by atoms with Crippen molar-refractivity contribution in [1.82, 2.24) is 25.0 Å². The number of aromatic nitrogens is 3. The van der Waals surface area contributed by atoms with E-state index < -0.39 is 0 Å². The summed E-state index contributed by atoms with van der Waals surface area (Å²) in [6.07, 6.45) is 11.6. The predicted octanol–water partition coefficient (Wildman–Crippen LogP) is 3.84. The number of likely N-dealkylation sites (tertiary alicyclic amines) is 1. The molecule has 0 aromatic carbocycles. The van der Waals surface area contributed by atoms with Crippen LogP contribution in [0, 0.1) is 11.8 Å². The number of aryl methyl sites for hydroxylation is 1. The molecule has 6 rings (SSSR count). The smallest absolute Gasteiger partial charge is 0.253 e. The minimum Gasteiger partial charge on any atom is -0.361 e. The number of hydrogen-bond acceptors (Lipinski definition) is 5. The first-order valence-electron chi connectivity index (χ1n) is 12.6. The summed E-state index contributed by atoms with van der Waals surface area (Å²) >= 11 is 0. The van der Waals surface area contributed by atoms with Gasteiger partial charge >= 0.3 is 0 Å². The van der Waals surface area contributed by atoms with Gasteiger partial charge in [-0.3, -0.25) is 4.79 Å². The van der Waals surface area contributed by atoms with Gasteiger partial charge in [-0.25, -0.2) is 4.52 Å². The Kier molecular flexibility index (Phi) is 5.24. The standard InChI is InChI=1S/C26H33N5O2/c1-2-21-14-24(29-33-21)26-15-19(26)16-30(17-26)13-10-18-5-7-20(8-6-18)28-25(32)22-4-3-12-31-23(22)9-11-27-31/h3-4,9,11-12,14,18-20H,2,5-8,10,13,15-17H2,1H3,(H,28,32)/t18?,19-,20?,26-/m0/s1. The zero-order chi connectivity index (χ0) is 22.4. The fourth-order valence-electron chi connectivity index (χ4n) is 6.24. The van der Waals surface area contributed by atoms with Gasteiger partial charge in [0.25, 0.3) is 5.91 Å².